The van der Waals surface area contributed by atoms with Crippen LogP contribution in [0, 0.1) is 0 Å². The topological polar surface area (TPSA) is 53.7 Å². The molecule has 0 saturated carbocycles. The molecule has 0 aliphatic carbocycles. The molecule has 4 nitrogen and oxygen atoms in total. The zero-order valence-electron chi connectivity index (χ0n) is 11.4. The minimum Gasteiger partial charge on any atom is -0.496 e. The van der Waals surface area contributed by atoms with E-state index in [1.165, 1.54) is 0 Å². The molecule has 0 aliphatic rings. The maximum absolute atomic E-state index is 6.15. The summed E-state index contributed by atoms with van der Waals surface area (Å²) in [6, 6.07) is 3.47. The van der Waals surface area contributed by atoms with E-state index in [4.69, 9.17) is 19.9 Å². The molecule has 1 atom stereocenters. The fourth-order valence-electron chi connectivity index (χ4n) is 1.83. The molecule has 0 radical (unpaired) electrons. The van der Waals surface area contributed by atoms with Gasteiger partial charge in [-0.05, 0) is 19.4 Å². The van der Waals surface area contributed by atoms with E-state index in [0.717, 1.165) is 11.1 Å². The Kier molecular flexibility index (Phi) is 5.04. The van der Waals surface area contributed by atoms with Crippen molar-refractivity contribution in [1.29, 1.82) is 0 Å². The van der Waals surface area contributed by atoms with Crippen LogP contribution >= 0.6 is 0 Å². The fraction of sp³-hybridized carbons (Fsp3) is 0.429. The van der Waals surface area contributed by atoms with Crippen LogP contribution in [0.2, 0.25) is 0 Å². The third-order valence-corrected chi connectivity index (χ3v) is 2.70. The van der Waals surface area contributed by atoms with Gasteiger partial charge in [0, 0.05) is 17.7 Å². The summed E-state index contributed by atoms with van der Waals surface area (Å²) in [5.41, 5.74) is 8.06. The van der Waals surface area contributed by atoms with Crippen LogP contribution in [0.1, 0.15) is 24.9 Å². The van der Waals surface area contributed by atoms with Crippen LogP contribution in [0.3, 0.4) is 0 Å². The lowest BCUT2D eigenvalue weighted by Crippen LogP contribution is -2.12. The predicted molar refractivity (Wildman–Crippen MR) is 72.5 cm³/mol. The van der Waals surface area contributed by atoms with E-state index in [2.05, 4.69) is 6.58 Å². The number of ether oxygens (including phenoxy) is 3. The van der Waals surface area contributed by atoms with E-state index in [1.54, 1.807) is 27.4 Å². The molecule has 18 heavy (non-hydrogen) atoms. The van der Waals surface area contributed by atoms with Gasteiger partial charge in [0.15, 0.2) is 11.5 Å². The average molecular weight is 251 g/mol. The van der Waals surface area contributed by atoms with Gasteiger partial charge in [-0.1, -0.05) is 5.57 Å². The molecule has 4 heteroatoms. The van der Waals surface area contributed by atoms with Crippen LogP contribution < -0.4 is 19.9 Å². The average Bonchev–Trinajstić information content (AvgIpc) is 2.36. The first-order chi connectivity index (χ1) is 8.53. The van der Waals surface area contributed by atoms with E-state index in [0.29, 0.717) is 23.7 Å². The van der Waals surface area contributed by atoms with Gasteiger partial charge in [0.25, 0.3) is 0 Å². The summed E-state index contributed by atoms with van der Waals surface area (Å²) >= 11 is 0. The Labute approximate surface area is 108 Å². The minimum absolute atomic E-state index is 0.169. The number of benzene rings is 1. The highest BCUT2D eigenvalue weighted by Gasteiger charge is 2.17. The first-order valence-corrected chi connectivity index (χ1v) is 5.73. The summed E-state index contributed by atoms with van der Waals surface area (Å²) in [4.78, 5) is 0. The fourth-order valence-corrected chi connectivity index (χ4v) is 1.83. The number of hydrogen-bond acceptors (Lipinski definition) is 4. The highest BCUT2D eigenvalue weighted by molar-refractivity contribution is 5.51. The molecule has 0 spiro atoms. The van der Waals surface area contributed by atoms with Crippen molar-refractivity contribution in [3.8, 4) is 17.2 Å². The summed E-state index contributed by atoms with van der Waals surface area (Å²) in [6.45, 7) is 5.83. The van der Waals surface area contributed by atoms with Crippen LogP contribution in [-0.2, 0) is 0 Å². The molecule has 0 fully saturated rings. The first-order valence-electron chi connectivity index (χ1n) is 5.73. The van der Waals surface area contributed by atoms with Gasteiger partial charge >= 0.3 is 0 Å². The van der Waals surface area contributed by atoms with E-state index in [-0.39, 0.29) is 6.04 Å². The van der Waals surface area contributed by atoms with Crippen molar-refractivity contribution in [3.05, 3.63) is 29.8 Å². The van der Waals surface area contributed by atoms with Crippen LogP contribution in [0.4, 0.5) is 0 Å². The van der Waals surface area contributed by atoms with Gasteiger partial charge in [-0.3, -0.25) is 0 Å². The largest absolute Gasteiger partial charge is 0.496 e. The predicted octanol–water partition coefficient (Wildman–Crippen LogP) is 2.68. The van der Waals surface area contributed by atoms with Gasteiger partial charge < -0.3 is 19.9 Å². The van der Waals surface area contributed by atoms with Crippen molar-refractivity contribution in [3.63, 3.8) is 0 Å². The molecular formula is C14H21NO3. The lowest BCUT2D eigenvalue weighted by Gasteiger charge is -2.18. The molecule has 0 bridgehead atoms. The number of rotatable bonds is 6. The van der Waals surface area contributed by atoms with Crippen molar-refractivity contribution >= 4 is 0 Å². The second-order valence-corrected chi connectivity index (χ2v) is 4.22. The van der Waals surface area contributed by atoms with Crippen LogP contribution in [0.15, 0.2) is 24.3 Å². The Bertz CT molecular complexity index is 429. The lowest BCUT2D eigenvalue weighted by molar-refractivity contribution is 0.346. The van der Waals surface area contributed by atoms with Gasteiger partial charge in [0.05, 0.1) is 21.3 Å². The molecule has 1 aromatic carbocycles. The second-order valence-electron chi connectivity index (χ2n) is 4.22. The summed E-state index contributed by atoms with van der Waals surface area (Å²) in [7, 11) is 4.79. The summed E-state index contributed by atoms with van der Waals surface area (Å²) in [5.74, 6) is 1.97. The third-order valence-electron chi connectivity index (χ3n) is 2.70. The molecule has 0 amide bonds. The normalized spacial score (nSPS) is 11.8. The Morgan fingerprint density at radius 1 is 1.11 bits per heavy atom. The van der Waals surface area contributed by atoms with E-state index in [9.17, 15) is 0 Å². The molecule has 0 aliphatic heterocycles. The van der Waals surface area contributed by atoms with Gasteiger partial charge in [-0.2, -0.15) is 0 Å². The third kappa shape index (κ3) is 3.17. The zero-order chi connectivity index (χ0) is 13.7. The summed E-state index contributed by atoms with van der Waals surface area (Å²) in [5, 5.41) is 0. The highest BCUT2D eigenvalue weighted by atomic mass is 16.5. The minimum atomic E-state index is -0.169. The monoisotopic (exact) mass is 251 g/mol. The SMILES string of the molecule is C=C(C)C[C@H](N)c1cc(OC)c(OC)cc1OC. The van der Waals surface area contributed by atoms with E-state index in [1.807, 2.05) is 13.0 Å². The van der Waals surface area contributed by atoms with Gasteiger partial charge in [-0.25, -0.2) is 0 Å². The Balaban J connectivity index is 3.20. The van der Waals surface area contributed by atoms with Crippen molar-refractivity contribution in [1.82, 2.24) is 0 Å². The van der Waals surface area contributed by atoms with E-state index >= 15 is 0 Å². The molecule has 2 N–H and O–H groups in total. The highest BCUT2D eigenvalue weighted by Crippen LogP contribution is 2.38. The first kappa shape index (κ1) is 14.4. The van der Waals surface area contributed by atoms with Gasteiger partial charge in [0.1, 0.15) is 5.75 Å². The summed E-state index contributed by atoms with van der Waals surface area (Å²) < 4.78 is 15.8. The maximum atomic E-state index is 6.15. The number of nitrogens with two attached hydrogens (primary N) is 1. The zero-order valence-corrected chi connectivity index (χ0v) is 11.4. The molecule has 0 saturated heterocycles. The number of methoxy groups -OCH3 is 3. The Hall–Kier alpha value is -1.68. The van der Waals surface area contributed by atoms with Crippen LogP contribution in [-0.4, -0.2) is 21.3 Å². The lowest BCUT2D eigenvalue weighted by atomic mass is 9.99. The quantitative estimate of drug-likeness (QED) is 0.790. The summed E-state index contributed by atoms with van der Waals surface area (Å²) in [6.07, 6.45) is 0.700. The van der Waals surface area contributed by atoms with Gasteiger partial charge in [-0.15, -0.1) is 6.58 Å². The molecule has 1 rings (SSSR count). The standard InChI is InChI=1S/C14H21NO3/c1-9(2)6-11(15)10-7-13(17-4)14(18-5)8-12(10)16-3/h7-8,11H,1,6,15H2,2-5H3/t11-/m0/s1. The van der Waals surface area contributed by atoms with Crippen molar-refractivity contribution in [2.45, 2.75) is 19.4 Å². The van der Waals surface area contributed by atoms with Crippen molar-refractivity contribution in [2.24, 2.45) is 5.73 Å². The maximum Gasteiger partial charge on any atom is 0.164 e. The number of hydrogen-bond donors (Lipinski definition) is 1. The Morgan fingerprint density at radius 2 is 1.61 bits per heavy atom. The molecular weight excluding hydrogens is 230 g/mol. The second kappa shape index (κ2) is 6.31. The smallest absolute Gasteiger partial charge is 0.164 e. The molecule has 1 aromatic rings. The van der Waals surface area contributed by atoms with Crippen LogP contribution in [0.5, 0.6) is 17.2 Å². The molecule has 0 aromatic heterocycles. The molecule has 0 heterocycles. The van der Waals surface area contributed by atoms with Crippen molar-refractivity contribution < 1.29 is 14.2 Å². The van der Waals surface area contributed by atoms with E-state index < -0.39 is 0 Å². The molecule has 0 unspecified atom stereocenters. The van der Waals surface area contributed by atoms with Crippen LogP contribution in [0.25, 0.3) is 0 Å². The molecule has 100 valence electrons. The van der Waals surface area contributed by atoms with Gasteiger partial charge in [0.2, 0.25) is 0 Å². The van der Waals surface area contributed by atoms with Crippen molar-refractivity contribution in [2.75, 3.05) is 21.3 Å². The Morgan fingerprint density at radius 3 is 2.06 bits per heavy atom.